The van der Waals surface area contributed by atoms with Crippen molar-refractivity contribution in [3.8, 4) is 0 Å². The molecular weight excluding hydrogens is 511 g/mol. The molecule has 0 saturated heterocycles. The van der Waals surface area contributed by atoms with Crippen LogP contribution in [0.1, 0.15) is 17.0 Å². The molecule has 0 fully saturated rings. The molecular formula is C24H18Cl2N4S3. The van der Waals surface area contributed by atoms with E-state index in [1.54, 1.807) is 34.9 Å². The first kappa shape index (κ1) is 22.7. The minimum Gasteiger partial charge on any atom is -0.301 e. The van der Waals surface area contributed by atoms with E-state index in [1.165, 1.54) is 10.3 Å². The maximum atomic E-state index is 6.37. The minimum absolute atomic E-state index is 0.621. The molecule has 4 nitrogen and oxygen atoms in total. The number of fused-ring (bicyclic) bond motifs is 1. The largest absolute Gasteiger partial charge is 0.301 e. The van der Waals surface area contributed by atoms with Crippen LogP contribution in [0.4, 0.5) is 0 Å². The van der Waals surface area contributed by atoms with Gasteiger partial charge in [0.1, 0.15) is 5.82 Å². The lowest BCUT2D eigenvalue weighted by Crippen LogP contribution is -2.06. The summed E-state index contributed by atoms with van der Waals surface area (Å²) in [5.74, 6) is 2.22. The summed E-state index contributed by atoms with van der Waals surface area (Å²) in [6.07, 6.45) is 0. The van der Waals surface area contributed by atoms with Crippen molar-refractivity contribution in [3.63, 3.8) is 0 Å². The van der Waals surface area contributed by atoms with Crippen molar-refractivity contribution in [2.24, 2.45) is 0 Å². The molecule has 5 aromatic rings. The number of hydrogen-bond acceptors (Lipinski definition) is 6. The van der Waals surface area contributed by atoms with Gasteiger partial charge in [-0.15, -0.1) is 21.5 Å². The lowest BCUT2D eigenvalue weighted by molar-refractivity contribution is 0.685. The number of thiazole rings is 1. The van der Waals surface area contributed by atoms with E-state index < -0.39 is 0 Å². The van der Waals surface area contributed by atoms with Crippen LogP contribution in [0, 0.1) is 0 Å². The number of rotatable bonds is 8. The van der Waals surface area contributed by atoms with E-state index in [9.17, 15) is 0 Å². The predicted molar refractivity (Wildman–Crippen MR) is 141 cm³/mol. The molecule has 0 amide bonds. The SMILES string of the molecule is Clc1cccc(Cl)c1CSc1nnc(CSc2nc3ccccc3s2)n1Cc1ccccc1. The van der Waals surface area contributed by atoms with Crippen molar-refractivity contribution in [2.45, 2.75) is 27.5 Å². The molecule has 0 aliphatic carbocycles. The molecule has 0 unspecified atom stereocenters. The number of nitrogens with zero attached hydrogens (tertiary/aromatic N) is 4. The molecule has 0 bridgehead atoms. The summed E-state index contributed by atoms with van der Waals surface area (Å²) in [5.41, 5.74) is 3.13. The van der Waals surface area contributed by atoms with Gasteiger partial charge in [0.25, 0.3) is 0 Å². The Morgan fingerprint density at radius 2 is 1.55 bits per heavy atom. The Bertz CT molecular complexity index is 1330. The van der Waals surface area contributed by atoms with E-state index in [-0.39, 0.29) is 0 Å². The van der Waals surface area contributed by atoms with Crippen LogP contribution in [0.3, 0.4) is 0 Å². The van der Waals surface area contributed by atoms with Crippen LogP contribution in [0.15, 0.2) is 82.3 Å². The summed E-state index contributed by atoms with van der Waals surface area (Å²) in [5, 5.41) is 11.2. The fourth-order valence-corrected chi connectivity index (χ4v) is 7.01. The molecule has 0 aliphatic heterocycles. The Morgan fingerprint density at radius 3 is 2.33 bits per heavy atom. The van der Waals surface area contributed by atoms with Crippen LogP contribution in [0.5, 0.6) is 0 Å². The van der Waals surface area contributed by atoms with Gasteiger partial charge in [-0.1, -0.05) is 95.3 Å². The second kappa shape index (κ2) is 10.5. The lowest BCUT2D eigenvalue weighted by Gasteiger charge is -2.11. The van der Waals surface area contributed by atoms with E-state index in [4.69, 9.17) is 28.2 Å². The number of benzene rings is 3. The molecule has 9 heteroatoms. The summed E-state index contributed by atoms with van der Waals surface area (Å²) in [6.45, 7) is 0.697. The summed E-state index contributed by atoms with van der Waals surface area (Å²) in [6, 6.07) is 24.1. The summed E-state index contributed by atoms with van der Waals surface area (Å²) >= 11 is 17.7. The molecule has 0 spiro atoms. The van der Waals surface area contributed by atoms with Gasteiger partial charge in [0.05, 0.1) is 22.5 Å². The molecule has 33 heavy (non-hydrogen) atoms. The summed E-state index contributed by atoms with van der Waals surface area (Å²) in [4.78, 5) is 4.73. The van der Waals surface area contributed by atoms with Gasteiger partial charge >= 0.3 is 0 Å². The fraction of sp³-hybridized carbons (Fsp3) is 0.125. The van der Waals surface area contributed by atoms with Gasteiger partial charge in [0.2, 0.25) is 0 Å². The van der Waals surface area contributed by atoms with Crippen LogP contribution in [0.2, 0.25) is 10.0 Å². The molecule has 0 radical (unpaired) electrons. The predicted octanol–water partition coefficient (Wildman–Crippen LogP) is 7.83. The molecule has 2 aromatic heterocycles. The smallest absolute Gasteiger partial charge is 0.191 e. The Balaban J connectivity index is 1.38. The van der Waals surface area contributed by atoms with Gasteiger partial charge in [-0.25, -0.2) is 4.98 Å². The lowest BCUT2D eigenvalue weighted by atomic mass is 10.2. The first-order valence-corrected chi connectivity index (χ1v) is 13.7. The molecule has 166 valence electrons. The average molecular weight is 530 g/mol. The normalized spacial score (nSPS) is 11.3. The van der Waals surface area contributed by atoms with E-state index in [2.05, 4.69) is 33.0 Å². The molecule has 0 N–H and O–H groups in total. The van der Waals surface area contributed by atoms with Crippen LogP contribution in [0.25, 0.3) is 10.2 Å². The van der Waals surface area contributed by atoms with Crippen LogP contribution in [-0.2, 0) is 18.1 Å². The number of aromatic nitrogens is 4. The van der Waals surface area contributed by atoms with Gasteiger partial charge in [0.15, 0.2) is 9.50 Å². The monoisotopic (exact) mass is 528 g/mol. The van der Waals surface area contributed by atoms with Crippen molar-refractivity contribution in [2.75, 3.05) is 0 Å². The zero-order valence-electron chi connectivity index (χ0n) is 17.3. The van der Waals surface area contributed by atoms with E-state index >= 15 is 0 Å². The Hall–Kier alpha value is -2.03. The Labute approximate surface area is 214 Å². The first-order valence-electron chi connectivity index (χ1n) is 10.2. The quantitative estimate of drug-likeness (QED) is 0.192. The van der Waals surface area contributed by atoms with E-state index in [0.29, 0.717) is 28.1 Å². The van der Waals surface area contributed by atoms with Crippen molar-refractivity contribution in [1.29, 1.82) is 0 Å². The fourth-order valence-electron chi connectivity index (χ4n) is 3.30. The van der Waals surface area contributed by atoms with Gasteiger partial charge in [-0.05, 0) is 35.4 Å². The average Bonchev–Trinajstić information content (AvgIpc) is 3.41. The van der Waals surface area contributed by atoms with Crippen molar-refractivity contribution in [3.05, 3.63) is 99.8 Å². The highest BCUT2D eigenvalue weighted by Gasteiger charge is 2.16. The zero-order chi connectivity index (χ0) is 22.6. The topological polar surface area (TPSA) is 43.6 Å². The van der Waals surface area contributed by atoms with Crippen molar-refractivity contribution in [1.82, 2.24) is 19.7 Å². The third kappa shape index (κ3) is 5.39. The third-order valence-electron chi connectivity index (χ3n) is 4.98. The molecule has 3 aromatic carbocycles. The second-order valence-corrected chi connectivity index (χ2v) is 11.2. The molecule has 5 rings (SSSR count). The summed E-state index contributed by atoms with van der Waals surface area (Å²) < 4.78 is 4.39. The minimum atomic E-state index is 0.621. The number of thioether (sulfide) groups is 2. The number of hydrogen-bond donors (Lipinski definition) is 0. The van der Waals surface area contributed by atoms with Gasteiger partial charge in [-0.2, -0.15) is 0 Å². The Kier molecular flexibility index (Phi) is 7.23. The van der Waals surface area contributed by atoms with Gasteiger partial charge in [-0.3, -0.25) is 0 Å². The maximum absolute atomic E-state index is 6.37. The van der Waals surface area contributed by atoms with E-state index in [0.717, 1.165) is 26.4 Å². The number of para-hydroxylation sites is 1. The van der Waals surface area contributed by atoms with Crippen molar-refractivity contribution < 1.29 is 0 Å². The highest BCUT2D eigenvalue weighted by atomic mass is 35.5. The van der Waals surface area contributed by atoms with Crippen LogP contribution < -0.4 is 0 Å². The maximum Gasteiger partial charge on any atom is 0.191 e. The molecule has 2 heterocycles. The van der Waals surface area contributed by atoms with Crippen LogP contribution >= 0.6 is 58.1 Å². The third-order valence-corrected chi connectivity index (χ3v) is 8.86. The van der Waals surface area contributed by atoms with E-state index in [1.807, 2.05) is 54.6 Å². The molecule has 0 atom stereocenters. The first-order chi connectivity index (χ1) is 16.2. The van der Waals surface area contributed by atoms with Crippen molar-refractivity contribution >= 4 is 68.3 Å². The summed E-state index contributed by atoms with van der Waals surface area (Å²) in [7, 11) is 0. The van der Waals surface area contributed by atoms with Gasteiger partial charge in [0, 0.05) is 15.8 Å². The van der Waals surface area contributed by atoms with Gasteiger partial charge < -0.3 is 4.57 Å². The Morgan fingerprint density at radius 1 is 0.788 bits per heavy atom. The molecule has 0 aliphatic rings. The molecule has 0 saturated carbocycles. The highest BCUT2D eigenvalue weighted by molar-refractivity contribution is 8.00. The standard InChI is InChI=1S/C24H18Cl2N4S3/c25-18-9-6-10-19(26)17(18)14-31-23-29-28-22(30(23)13-16-7-2-1-3-8-16)15-32-24-27-20-11-4-5-12-21(20)33-24/h1-12H,13-15H2. The number of halogens is 2. The highest BCUT2D eigenvalue weighted by Crippen LogP contribution is 2.34. The zero-order valence-corrected chi connectivity index (χ0v) is 21.3. The van der Waals surface area contributed by atoms with Crippen LogP contribution in [-0.4, -0.2) is 19.7 Å². The second-order valence-electron chi connectivity index (χ2n) is 7.20.